The van der Waals surface area contributed by atoms with Crippen LogP contribution in [-0.2, 0) is 11.2 Å². The summed E-state index contributed by atoms with van der Waals surface area (Å²) in [5.74, 6) is 1.75. The molecule has 20 heavy (non-hydrogen) atoms. The summed E-state index contributed by atoms with van der Waals surface area (Å²) < 4.78 is 7.00. The second-order valence-corrected chi connectivity index (χ2v) is 5.91. The molecule has 0 spiro atoms. The molecule has 1 saturated heterocycles. The largest absolute Gasteiger partial charge is 0.369 e. The number of aromatic nitrogens is 2. The van der Waals surface area contributed by atoms with Crippen molar-refractivity contribution in [3.63, 3.8) is 0 Å². The molecule has 6 heteroatoms. The van der Waals surface area contributed by atoms with Crippen molar-refractivity contribution < 1.29 is 4.74 Å². The summed E-state index contributed by atoms with van der Waals surface area (Å²) in [7, 11) is 0. The highest BCUT2D eigenvalue weighted by molar-refractivity contribution is 14.1. The first-order valence-electron chi connectivity index (χ1n) is 7.33. The lowest BCUT2D eigenvalue weighted by Crippen LogP contribution is -2.38. The van der Waals surface area contributed by atoms with Gasteiger partial charge in [-0.25, -0.2) is 9.97 Å². The Balaban J connectivity index is 2.28. The number of nitrogens with one attached hydrogen (secondary N) is 1. The van der Waals surface area contributed by atoms with Gasteiger partial charge in [-0.1, -0.05) is 13.8 Å². The smallest absolute Gasteiger partial charge is 0.161 e. The molecular formula is C14H23IN4O. The van der Waals surface area contributed by atoms with Crippen LogP contribution in [0.2, 0.25) is 0 Å². The van der Waals surface area contributed by atoms with Gasteiger partial charge in [-0.15, -0.1) is 0 Å². The van der Waals surface area contributed by atoms with Gasteiger partial charge in [-0.3, -0.25) is 4.90 Å². The van der Waals surface area contributed by atoms with E-state index >= 15 is 0 Å². The van der Waals surface area contributed by atoms with Crippen molar-refractivity contribution in [2.75, 3.05) is 38.1 Å². The highest BCUT2D eigenvalue weighted by Crippen LogP contribution is 2.25. The molecule has 2 rings (SSSR count). The molecule has 1 unspecified atom stereocenters. The number of rotatable bonds is 5. The van der Waals surface area contributed by atoms with Crippen LogP contribution in [0.3, 0.4) is 0 Å². The lowest BCUT2D eigenvalue weighted by Gasteiger charge is -2.31. The molecule has 1 fully saturated rings. The molecule has 0 bridgehead atoms. The van der Waals surface area contributed by atoms with E-state index in [1.807, 2.05) is 0 Å². The quantitative estimate of drug-likeness (QED) is 0.783. The van der Waals surface area contributed by atoms with E-state index in [1.165, 1.54) is 0 Å². The van der Waals surface area contributed by atoms with Gasteiger partial charge >= 0.3 is 0 Å². The third kappa shape index (κ3) is 3.59. The minimum Gasteiger partial charge on any atom is -0.369 e. The van der Waals surface area contributed by atoms with Gasteiger partial charge in [0.2, 0.25) is 0 Å². The highest BCUT2D eigenvalue weighted by atomic mass is 127. The number of likely N-dealkylation sites (N-methyl/N-ethyl adjacent to an activating group) is 1. The average molecular weight is 390 g/mol. The zero-order valence-electron chi connectivity index (χ0n) is 12.4. The van der Waals surface area contributed by atoms with E-state index in [0.717, 1.165) is 60.1 Å². The Labute approximate surface area is 134 Å². The van der Waals surface area contributed by atoms with Gasteiger partial charge in [-0.2, -0.15) is 0 Å². The summed E-state index contributed by atoms with van der Waals surface area (Å²) >= 11 is 2.32. The molecular weight excluding hydrogens is 367 g/mol. The summed E-state index contributed by atoms with van der Waals surface area (Å²) in [5, 5.41) is 3.33. The number of nitrogens with zero attached hydrogens (tertiary/aromatic N) is 3. The number of morpholine rings is 1. The third-order valence-corrected chi connectivity index (χ3v) is 4.64. The maximum Gasteiger partial charge on any atom is 0.161 e. The molecule has 0 aromatic carbocycles. The van der Waals surface area contributed by atoms with E-state index in [0.29, 0.717) is 0 Å². The maximum absolute atomic E-state index is 5.87. The van der Waals surface area contributed by atoms with E-state index < -0.39 is 0 Å². The van der Waals surface area contributed by atoms with Crippen LogP contribution in [0, 0.1) is 3.57 Å². The number of halogens is 1. The van der Waals surface area contributed by atoms with E-state index in [9.17, 15) is 0 Å². The van der Waals surface area contributed by atoms with Crippen LogP contribution in [0.5, 0.6) is 0 Å². The number of anilines is 1. The molecule has 0 saturated carbocycles. The first-order chi connectivity index (χ1) is 9.69. The standard InChI is InChI=1S/C14H23IN4O/c1-4-10-12(15)14(16-5-2)18-13(17-10)11-9-19(6-3)7-8-20-11/h11H,4-9H2,1-3H3,(H,16,17,18). The molecule has 1 aliphatic heterocycles. The highest BCUT2D eigenvalue weighted by Gasteiger charge is 2.25. The van der Waals surface area contributed by atoms with Crippen LogP contribution < -0.4 is 5.32 Å². The predicted molar refractivity (Wildman–Crippen MR) is 89.1 cm³/mol. The van der Waals surface area contributed by atoms with E-state index in [4.69, 9.17) is 9.72 Å². The van der Waals surface area contributed by atoms with E-state index in [-0.39, 0.29) is 6.10 Å². The van der Waals surface area contributed by atoms with Gasteiger partial charge < -0.3 is 10.1 Å². The fourth-order valence-electron chi connectivity index (χ4n) is 2.32. The summed E-state index contributed by atoms with van der Waals surface area (Å²) in [6.45, 7) is 10.9. The monoisotopic (exact) mass is 390 g/mol. The predicted octanol–water partition coefficient (Wildman–Crippen LogP) is 2.47. The second kappa shape index (κ2) is 7.51. The van der Waals surface area contributed by atoms with Crippen LogP contribution >= 0.6 is 22.6 Å². The molecule has 5 nitrogen and oxygen atoms in total. The Bertz CT molecular complexity index is 455. The molecule has 1 aromatic rings. The minimum absolute atomic E-state index is 0.0107. The number of ether oxygens (including phenoxy) is 1. The van der Waals surface area contributed by atoms with Gasteiger partial charge in [-0.05, 0) is 42.5 Å². The molecule has 1 atom stereocenters. The summed E-state index contributed by atoms with van der Waals surface area (Å²) in [6, 6.07) is 0. The Morgan fingerprint density at radius 2 is 2.15 bits per heavy atom. The molecule has 0 amide bonds. The third-order valence-electron chi connectivity index (χ3n) is 3.50. The van der Waals surface area contributed by atoms with Gasteiger partial charge in [0.1, 0.15) is 11.9 Å². The van der Waals surface area contributed by atoms with E-state index in [1.54, 1.807) is 0 Å². The Morgan fingerprint density at radius 1 is 1.35 bits per heavy atom. The maximum atomic E-state index is 5.87. The van der Waals surface area contributed by atoms with Crippen molar-refractivity contribution in [2.45, 2.75) is 33.3 Å². The van der Waals surface area contributed by atoms with Crippen LogP contribution in [0.4, 0.5) is 5.82 Å². The Kier molecular flexibility index (Phi) is 5.98. The van der Waals surface area contributed by atoms with Crippen LogP contribution in [-0.4, -0.2) is 47.7 Å². The van der Waals surface area contributed by atoms with Crippen LogP contribution in [0.1, 0.15) is 38.4 Å². The zero-order chi connectivity index (χ0) is 14.5. The number of hydrogen-bond donors (Lipinski definition) is 1. The minimum atomic E-state index is -0.0107. The van der Waals surface area contributed by atoms with E-state index in [2.05, 4.69) is 58.6 Å². The second-order valence-electron chi connectivity index (χ2n) is 4.83. The lowest BCUT2D eigenvalue weighted by molar-refractivity contribution is -0.0326. The molecule has 1 aromatic heterocycles. The van der Waals surface area contributed by atoms with Crippen molar-refractivity contribution in [1.29, 1.82) is 0 Å². The number of aryl methyl sites for hydroxylation is 1. The first-order valence-corrected chi connectivity index (χ1v) is 8.41. The van der Waals surface area contributed by atoms with Crippen molar-refractivity contribution in [1.82, 2.24) is 14.9 Å². The van der Waals surface area contributed by atoms with Crippen LogP contribution in [0.15, 0.2) is 0 Å². The topological polar surface area (TPSA) is 50.3 Å². The zero-order valence-corrected chi connectivity index (χ0v) is 14.6. The van der Waals surface area contributed by atoms with Gasteiger partial charge in [0, 0.05) is 19.6 Å². The molecule has 1 aliphatic rings. The Hall–Kier alpha value is -0.470. The molecule has 112 valence electrons. The SMILES string of the molecule is CCNc1nc(C2CN(CC)CCO2)nc(CC)c1I. The summed E-state index contributed by atoms with van der Waals surface area (Å²) in [6.07, 6.45) is 0.902. The fourth-order valence-corrected chi connectivity index (χ4v) is 3.13. The average Bonchev–Trinajstić information content (AvgIpc) is 2.49. The molecule has 0 radical (unpaired) electrons. The molecule has 1 N–H and O–H groups in total. The van der Waals surface area contributed by atoms with Gasteiger partial charge in [0.25, 0.3) is 0 Å². The normalized spacial score (nSPS) is 20.1. The van der Waals surface area contributed by atoms with Gasteiger partial charge in [0.15, 0.2) is 5.82 Å². The van der Waals surface area contributed by atoms with Crippen molar-refractivity contribution >= 4 is 28.4 Å². The Morgan fingerprint density at radius 3 is 2.80 bits per heavy atom. The lowest BCUT2D eigenvalue weighted by atomic mass is 10.2. The first kappa shape index (κ1) is 15.9. The van der Waals surface area contributed by atoms with Crippen molar-refractivity contribution in [2.24, 2.45) is 0 Å². The molecule has 2 heterocycles. The van der Waals surface area contributed by atoms with Crippen molar-refractivity contribution in [3.8, 4) is 0 Å². The summed E-state index contributed by atoms with van der Waals surface area (Å²) in [4.78, 5) is 11.8. The number of hydrogen-bond acceptors (Lipinski definition) is 5. The summed E-state index contributed by atoms with van der Waals surface area (Å²) in [5.41, 5.74) is 1.10. The van der Waals surface area contributed by atoms with Crippen molar-refractivity contribution in [3.05, 3.63) is 15.1 Å². The fraction of sp³-hybridized carbons (Fsp3) is 0.714. The van der Waals surface area contributed by atoms with Gasteiger partial charge in [0.05, 0.1) is 15.9 Å². The molecule has 0 aliphatic carbocycles. The van der Waals surface area contributed by atoms with Crippen LogP contribution in [0.25, 0.3) is 0 Å².